The number of piperidine rings is 1. The number of ether oxygens (including phenoxy) is 1. The maximum absolute atomic E-state index is 12.4. The van der Waals surface area contributed by atoms with Crippen molar-refractivity contribution in [3.63, 3.8) is 0 Å². The van der Waals surface area contributed by atoms with Crippen LogP contribution in [0.2, 0.25) is 0 Å². The number of imidazole rings is 1. The first-order chi connectivity index (χ1) is 22.4. The number of aliphatic hydroxyl groups excluding tert-OH is 2. The zero-order valence-corrected chi connectivity index (χ0v) is 26.1. The first-order valence-corrected chi connectivity index (χ1v) is 16.0. The van der Waals surface area contributed by atoms with Gasteiger partial charge in [-0.3, -0.25) is 4.79 Å². The third kappa shape index (κ3) is 6.92. The molecule has 0 saturated carbocycles. The molecule has 244 valence electrons. The van der Waals surface area contributed by atoms with Crippen LogP contribution in [0.3, 0.4) is 0 Å². The van der Waals surface area contributed by atoms with Gasteiger partial charge in [-0.25, -0.2) is 4.98 Å². The average Bonchev–Trinajstić information content (AvgIpc) is 3.62. The second-order valence-electron chi connectivity index (χ2n) is 11.7. The van der Waals surface area contributed by atoms with Gasteiger partial charge in [0.2, 0.25) is 11.6 Å². The number of carbonyl (C=O) groups excluding carboxylic acids is 1. The molecule has 0 spiro atoms. The lowest BCUT2D eigenvalue weighted by Gasteiger charge is -2.32. The first kappa shape index (κ1) is 31.7. The number of aliphatic hydroxyl groups is 2. The number of carbonyl (C=O) groups is 1. The minimum Gasteiger partial charge on any atom is -0.387 e. The number of amides is 1. The van der Waals surface area contributed by atoms with Crippen LogP contribution in [0.5, 0.6) is 0 Å². The van der Waals surface area contributed by atoms with Gasteiger partial charge in [-0.2, -0.15) is 9.97 Å². The molecule has 13 nitrogen and oxygen atoms in total. The van der Waals surface area contributed by atoms with E-state index in [1.165, 1.54) is 11.1 Å². The van der Waals surface area contributed by atoms with Crippen LogP contribution in [-0.2, 0) is 9.53 Å². The average molecular weight is 631 g/mol. The summed E-state index contributed by atoms with van der Waals surface area (Å²) in [6, 6.07) is 20.8. The normalized spacial score (nSPS) is 23.5. The lowest BCUT2D eigenvalue weighted by atomic mass is 9.91. The fourth-order valence-electron chi connectivity index (χ4n) is 6.12. The minimum atomic E-state index is -1.47. The third-order valence-electron chi connectivity index (χ3n) is 8.58. The van der Waals surface area contributed by atoms with E-state index in [-0.39, 0.29) is 12.0 Å². The number of nitrogens with one attached hydrogen (secondary N) is 3. The number of hydrogen-bond donors (Lipinski definition) is 5. The summed E-state index contributed by atoms with van der Waals surface area (Å²) in [4.78, 5) is 35.0. The van der Waals surface area contributed by atoms with Crippen molar-refractivity contribution in [1.82, 2.24) is 29.9 Å². The highest BCUT2D eigenvalue weighted by Crippen LogP contribution is 2.28. The molecule has 4 aromatic rings. The zero-order valence-electron chi connectivity index (χ0n) is 26.1. The minimum absolute atomic E-state index is 0.0355. The van der Waals surface area contributed by atoms with Crippen LogP contribution in [0.25, 0.3) is 11.2 Å². The van der Waals surface area contributed by atoms with Crippen molar-refractivity contribution in [2.24, 2.45) is 0 Å². The van der Waals surface area contributed by atoms with E-state index < -0.39 is 30.5 Å². The number of benzene rings is 2. The van der Waals surface area contributed by atoms with Crippen LogP contribution in [0.4, 0.5) is 11.8 Å². The molecular formula is C33H42N8O5. The quantitative estimate of drug-likeness (QED) is 0.156. The van der Waals surface area contributed by atoms with Crippen LogP contribution in [-0.4, -0.2) is 104 Å². The summed E-state index contributed by atoms with van der Waals surface area (Å²) in [6.45, 7) is 7.72. The maximum Gasteiger partial charge on any atom is 0.254 e. The molecule has 2 aromatic carbocycles. The summed E-state index contributed by atoms with van der Waals surface area (Å²) in [6.07, 6.45) is -2.07. The topological polar surface area (TPSA) is 159 Å². The second-order valence-corrected chi connectivity index (χ2v) is 11.7. The molecule has 0 aliphatic carbocycles. The van der Waals surface area contributed by atoms with E-state index in [0.29, 0.717) is 36.0 Å². The van der Waals surface area contributed by atoms with Gasteiger partial charge < -0.3 is 40.6 Å². The Bertz CT molecular complexity index is 1550. The molecule has 2 aliphatic rings. The van der Waals surface area contributed by atoms with Crippen molar-refractivity contribution >= 4 is 28.8 Å². The number of aromatic nitrogens is 4. The molecule has 1 amide bonds. The smallest absolute Gasteiger partial charge is 0.254 e. The number of anilines is 2. The largest absolute Gasteiger partial charge is 0.387 e. The van der Waals surface area contributed by atoms with Gasteiger partial charge in [0.25, 0.3) is 12.2 Å². The predicted octanol–water partition coefficient (Wildman–Crippen LogP) is 1.98. The van der Waals surface area contributed by atoms with Gasteiger partial charge in [0, 0.05) is 31.6 Å². The van der Waals surface area contributed by atoms with E-state index in [2.05, 4.69) is 57.0 Å². The standard InChI is InChI=1S/C33H42N8O5/c1-3-34-31(44)28-26(42)27(43)32(45-28)46-41-20-36-25-29(38-33(39-30(25)41)37-23-16-11-17-40(4-2)19-23)35-18-24(21-12-7-5-8-13-21)22-14-9-6-10-15-22/h5-10,12-15,20,23-24,26-28,32,42-43H,3-4,11,16-19H2,1-2H3,(H,34,44)(H2,35,37,38,39)/t23?,26-,27+,28-,32-/m0/s1. The Kier molecular flexibility index (Phi) is 9.93. The molecule has 1 unspecified atom stereocenters. The number of likely N-dealkylation sites (N-methyl/N-ethyl adjacent to an activating group) is 2. The Morgan fingerprint density at radius 3 is 2.43 bits per heavy atom. The van der Waals surface area contributed by atoms with Crippen molar-refractivity contribution in [3.05, 3.63) is 78.1 Å². The fourth-order valence-corrected chi connectivity index (χ4v) is 6.12. The fraction of sp³-hybridized carbons (Fsp3) is 0.455. The van der Waals surface area contributed by atoms with Gasteiger partial charge >= 0.3 is 0 Å². The number of nitrogens with zero attached hydrogens (tertiary/aromatic N) is 5. The zero-order chi connectivity index (χ0) is 32.0. The highest BCUT2D eigenvalue weighted by Gasteiger charge is 2.48. The highest BCUT2D eigenvalue weighted by molar-refractivity contribution is 5.84. The van der Waals surface area contributed by atoms with Gasteiger partial charge in [-0.1, -0.05) is 67.6 Å². The molecule has 46 heavy (non-hydrogen) atoms. The van der Waals surface area contributed by atoms with E-state index in [1.807, 2.05) is 36.4 Å². The summed E-state index contributed by atoms with van der Waals surface area (Å²) in [5.41, 5.74) is 3.12. The molecule has 5 N–H and O–H groups in total. The number of likely N-dealkylation sites (tertiary alicyclic amines) is 1. The summed E-state index contributed by atoms with van der Waals surface area (Å²) in [5, 5.41) is 30.8. The second kappa shape index (κ2) is 14.4. The third-order valence-corrected chi connectivity index (χ3v) is 8.58. The van der Waals surface area contributed by atoms with Gasteiger partial charge in [0.1, 0.15) is 18.5 Å². The highest BCUT2D eigenvalue weighted by atomic mass is 16.8. The summed E-state index contributed by atoms with van der Waals surface area (Å²) in [7, 11) is 0. The monoisotopic (exact) mass is 630 g/mol. The number of fused-ring (bicyclic) bond motifs is 1. The Hall–Kier alpha value is -4.30. The molecule has 0 bridgehead atoms. The Labute approximate surface area is 267 Å². The van der Waals surface area contributed by atoms with Crippen LogP contribution in [0, 0.1) is 0 Å². The van der Waals surface area contributed by atoms with Gasteiger partial charge in [-0.05, 0) is 44.0 Å². The van der Waals surface area contributed by atoms with Crippen LogP contribution >= 0.6 is 0 Å². The van der Waals surface area contributed by atoms with Crippen LogP contribution in [0.15, 0.2) is 67.0 Å². The summed E-state index contributed by atoms with van der Waals surface area (Å²) >= 11 is 0. The molecule has 0 radical (unpaired) electrons. The molecule has 5 atom stereocenters. The first-order valence-electron chi connectivity index (χ1n) is 16.0. The summed E-state index contributed by atoms with van der Waals surface area (Å²) < 4.78 is 6.93. The lowest BCUT2D eigenvalue weighted by molar-refractivity contribution is -0.171. The predicted molar refractivity (Wildman–Crippen MR) is 173 cm³/mol. The maximum atomic E-state index is 12.4. The van der Waals surface area contributed by atoms with E-state index in [4.69, 9.17) is 19.5 Å². The Balaban J connectivity index is 1.30. The van der Waals surface area contributed by atoms with Crippen molar-refractivity contribution in [2.45, 2.75) is 63.3 Å². The van der Waals surface area contributed by atoms with Crippen LogP contribution in [0.1, 0.15) is 43.7 Å². The molecule has 4 heterocycles. The van der Waals surface area contributed by atoms with Crippen molar-refractivity contribution in [1.29, 1.82) is 0 Å². The number of rotatable bonds is 12. The number of hydrogen-bond acceptors (Lipinski definition) is 11. The molecular weight excluding hydrogens is 588 g/mol. The Morgan fingerprint density at radius 1 is 1.04 bits per heavy atom. The van der Waals surface area contributed by atoms with Crippen molar-refractivity contribution < 1.29 is 24.6 Å². The lowest BCUT2D eigenvalue weighted by Crippen LogP contribution is -2.42. The van der Waals surface area contributed by atoms with Gasteiger partial charge in [0.15, 0.2) is 17.4 Å². The van der Waals surface area contributed by atoms with E-state index in [0.717, 1.165) is 43.6 Å². The van der Waals surface area contributed by atoms with Gasteiger partial charge in [-0.15, -0.1) is 4.73 Å². The van der Waals surface area contributed by atoms with E-state index >= 15 is 0 Å². The van der Waals surface area contributed by atoms with Crippen molar-refractivity contribution in [3.8, 4) is 0 Å². The molecule has 2 aliphatic heterocycles. The van der Waals surface area contributed by atoms with Crippen molar-refractivity contribution in [2.75, 3.05) is 43.4 Å². The molecule has 2 aromatic heterocycles. The van der Waals surface area contributed by atoms with Gasteiger partial charge in [0.05, 0.1) is 0 Å². The summed E-state index contributed by atoms with van der Waals surface area (Å²) in [5.74, 6) is 0.430. The molecule has 2 fully saturated rings. The molecule has 6 rings (SSSR count). The SMILES string of the molecule is CCNC(=O)[C@H]1O[C@@H](On2cnc3c(NCC(c4ccccc4)c4ccccc4)nc(NC4CCCN(CC)C4)nc32)[C@H](O)[C@@H]1O. The molecule has 2 saturated heterocycles. The van der Waals surface area contributed by atoms with E-state index in [9.17, 15) is 15.0 Å². The van der Waals surface area contributed by atoms with E-state index in [1.54, 1.807) is 6.92 Å². The molecule has 13 heteroatoms. The Morgan fingerprint density at radius 2 is 1.76 bits per heavy atom. The van der Waals surface area contributed by atoms with Crippen LogP contribution < -0.4 is 20.8 Å².